The van der Waals surface area contributed by atoms with E-state index >= 15 is 0 Å². The Labute approximate surface area is 138 Å². The van der Waals surface area contributed by atoms with E-state index in [1.165, 1.54) is 18.6 Å². The fraction of sp³-hybridized carbons (Fsp3) is 0.588. The molecule has 6 heteroatoms. The van der Waals surface area contributed by atoms with Crippen LogP contribution in [0.15, 0.2) is 29.2 Å². The third-order valence-electron chi connectivity index (χ3n) is 4.62. The second-order valence-corrected chi connectivity index (χ2v) is 7.88. The van der Waals surface area contributed by atoms with E-state index in [1.807, 2.05) is 0 Å². The van der Waals surface area contributed by atoms with Crippen LogP contribution in [0.3, 0.4) is 0 Å². The standard InChI is InChI=1S/C17H26N2O3S/c1-2-4-14-5-3-6-16(14)17(20)19-12-11-13-7-9-15(10-8-13)23(18,21)22/h7-10,14,16H,2-6,11-12H2,1H3,(H,19,20)(H2,18,21,22). The Hall–Kier alpha value is -1.40. The Bertz CT molecular complexity index is 626. The highest BCUT2D eigenvalue weighted by atomic mass is 32.2. The molecule has 0 radical (unpaired) electrons. The molecule has 0 aromatic heterocycles. The summed E-state index contributed by atoms with van der Waals surface area (Å²) < 4.78 is 22.4. The van der Waals surface area contributed by atoms with Gasteiger partial charge in [-0.15, -0.1) is 0 Å². The smallest absolute Gasteiger partial charge is 0.238 e. The van der Waals surface area contributed by atoms with Crippen molar-refractivity contribution in [2.45, 2.75) is 50.3 Å². The molecule has 2 unspecified atom stereocenters. The summed E-state index contributed by atoms with van der Waals surface area (Å²) in [6.45, 7) is 2.74. The van der Waals surface area contributed by atoms with Crippen molar-refractivity contribution in [2.75, 3.05) is 6.54 Å². The van der Waals surface area contributed by atoms with Gasteiger partial charge < -0.3 is 5.32 Å². The summed E-state index contributed by atoms with van der Waals surface area (Å²) in [6, 6.07) is 6.48. The number of nitrogens with one attached hydrogen (secondary N) is 1. The summed E-state index contributed by atoms with van der Waals surface area (Å²) in [7, 11) is -3.65. The number of rotatable bonds is 7. The predicted molar refractivity (Wildman–Crippen MR) is 90.3 cm³/mol. The highest BCUT2D eigenvalue weighted by Gasteiger charge is 2.31. The van der Waals surface area contributed by atoms with Gasteiger partial charge in [-0.2, -0.15) is 0 Å². The second-order valence-electron chi connectivity index (χ2n) is 6.32. The molecule has 23 heavy (non-hydrogen) atoms. The van der Waals surface area contributed by atoms with Gasteiger partial charge in [0.15, 0.2) is 0 Å². The molecule has 1 aromatic rings. The Morgan fingerprint density at radius 2 is 1.96 bits per heavy atom. The molecule has 1 fully saturated rings. The third-order valence-corrected chi connectivity index (χ3v) is 5.55. The van der Waals surface area contributed by atoms with Crippen molar-refractivity contribution in [1.82, 2.24) is 5.32 Å². The van der Waals surface area contributed by atoms with Crippen molar-refractivity contribution in [2.24, 2.45) is 17.0 Å². The average Bonchev–Trinajstić information content (AvgIpc) is 2.95. The molecule has 1 amide bonds. The number of hydrogen-bond donors (Lipinski definition) is 2. The highest BCUT2D eigenvalue weighted by Crippen LogP contribution is 2.34. The summed E-state index contributed by atoms with van der Waals surface area (Å²) in [4.78, 5) is 12.4. The van der Waals surface area contributed by atoms with E-state index in [9.17, 15) is 13.2 Å². The monoisotopic (exact) mass is 338 g/mol. The summed E-state index contributed by atoms with van der Waals surface area (Å²) in [5.74, 6) is 0.871. The zero-order chi connectivity index (χ0) is 16.9. The van der Waals surface area contributed by atoms with Gasteiger partial charge >= 0.3 is 0 Å². The van der Waals surface area contributed by atoms with Crippen LogP contribution in [0.2, 0.25) is 0 Å². The van der Waals surface area contributed by atoms with Gasteiger partial charge in [0.25, 0.3) is 0 Å². The molecule has 0 aliphatic heterocycles. The van der Waals surface area contributed by atoms with Crippen molar-refractivity contribution in [3.8, 4) is 0 Å². The van der Waals surface area contributed by atoms with Crippen LogP contribution in [0.1, 0.15) is 44.6 Å². The summed E-state index contributed by atoms with van der Waals surface area (Å²) in [6.07, 6.45) is 6.26. The van der Waals surface area contributed by atoms with Gasteiger partial charge in [-0.25, -0.2) is 13.6 Å². The number of sulfonamides is 1. The van der Waals surface area contributed by atoms with Crippen LogP contribution >= 0.6 is 0 Å². The molecule has 1 aliphatic rings. The Kier molecular flexibility index (Phi) is 6.18. The van der Waals surface area contributed by atoms with Gasteiger partial charge in [0.2, 0.25) is 15.9 Å². The van der Waals surface area contributed by atoms with E-state index in [0.717, 1.165) is 31.2 Å². The van der Waals surface area contributed by atoms with Crippen LogP contribution < -0.4 is 10.5 Å². The minimum Gasteiger partial charge on any atom is -0.356 e. The number of hydrogen-bond acceptors (Lipinski definition) is 3. The zero-order valence-corrected chi connectivity index (χ0v) is 14.4. The fourth-order valence-corrected chi connectivity index (χ4v) is 3.92. The lowest BCUT2D eigenvalue weighted by Gasteiger charge is -2.18. The number of benzene rings is 1. The maximum absolute atomic E-state index is 12.3. The van der Waals surface area contributed by atoms with Crippen molar-refractivity contribution in [3.63, 3.8) is 0 Å². The van der Waals surface area contributed by atoms with E-state index < -0.39 is 10.0 Å². The molecule has 3 N–H and O–H groups in total. The maximum Gasteiger partial charge on any atom is 0.238 e. The minimum atomic E-state index is -3.65. The van der Waals surface area contributed by atoms with Crippen LogP contribution in [0.25, 0.3) is 0 Å². The first-order valence-corrected chi connectivity index (χ1v) is 9.86. The van der Waals surface area contributed by atoms with E-state index in [4.69, 9.17) is 5.14 Å². The van der Waals surface area contributed by atoms with Gasteiger partial charge in [0, 0.05) is 12.5 Å². The van der Waals surface area contributed by atoms with Crippen molar-refractivity contribution < 1.29 is 13.2 Å². The first kappa shape index (κ1) is 17.9. The fourth-order valence-electron chi connectivity index (χ4n) is 3.41. The van der Waals surface area contributed by atoms with Gasteiger partial charge in [-0.05, 0) is 49.3 Å². The first-order valence-electron chi connectivity index (χ1n) is 8.31. The number of carbonyl (C=O) groups excluding carboxylic acids is 1. The Morgan fingerprint density at radius 3 is 2.57 bits per heavy atom. The number of nitrogens with two attached hydrogens (primary N) is 1. The van der Waals surface area contributed by atoms with Crippen LogP contribution in [-0.4, -0.2) is 20.9 Å². The first-order chi connectivity index (χ1) is 10.9. The van der Waals surface area contributed by atoms with Crippen LogP contribution in [-0.2, 0) is 21.2 Å². The van der Waals surface area contributed by atoms with Crippen molar-refractivity contribution in [1.29, 1.82) is 0 Å². The van der Waals surface area contributed by atoms with Crippen LogP contribution in [0, 0.1) is 11.8 Å². The largest absolute Gasteiger partial charge is 0.356 e. The molecular formula is C17H26N2O3S. The third kappa shape index (κ3) is 5.04. The number of amides is 1. The Balaban J connectivity index is 1.81. The van der Waals surface area contributed by atoms with Crippen molar-refractivity contribution in [3.05, 3.63) is 29.8 Å². The highest BCUT2D eigenvalue weighted by molar-refractivity contribution is 7.89. The minimum absolute atomic E-state index is 0.110. The van der Waals surface area contributed by atoms with Crippen LogP contribution in [0.4, 0.5) is 0 Å². The summed E-state index contributed by atoms with van der Waals surface area (Å²) in [5.41, 5.74) is 0.981. The van der Waals surface area contributed by atoms with Gasteiger partial charge in [-0.3, -0.25) is 4.79 Å². The number of primary sulfonamides is 1. The van der Waals surface area contributed by atoms with E-state index in [0.29, 0.717) is 18.9 Å². The second kappa shape index (κ2) is 7.93. The topological polar surface area (TPSA) is 89.3 Å². The molecule has 0 saturated heterocycles. The molecule has 2 rings (SSSR count). The van der Waals surface area contributed by atoms with Crippen LogP contribution in [0.5, 0.6) is 0 Å². The molecule has 1 saturated carbocycles. The quantitative estimate of drug-likeness (QED) is 0.799. The summed E-state index contributed by atoms with van der Waals surface area (Å²) >= 11 is 0. The lowest BCUT2D eigenvalue weighted by molar-refractivity contribution is -0.126. The van der Waals surface area contributed by atoms with Gasteiger partial charge in [0.05, 0.1) is 4.90 Å². The molecule has 0 heterocycles. The van der Waals surface area contributed by atoms with E-state index in [1.54, 1.807) is 12.1 Å². The van der Waals surface area contributed by atoms with Gasteiger partial charge in [-0.1, -0.05) is 31.9 Å². The molecule has 1 aliphatic carbocycles. The lowest BCUT2D eigenvalue weighted by atomic mass is 9.91. The molecule has 0 bridgehead atoms. The van der Waals surface area contributed by atoms with Crippen molar-refractivity contribution >= 4 is 15.9 Å². The number of carbonyl (C=O) groups is 1. The molecule has 128 valence electrons. The molecule has 2 atom stereocenters. The zero-order valence-electron chi connectivity index (χ0n) is 13.6. The molecule has 1 aromatic carbocycles. The summed E-state index contributed by atoms with van der Waals surface area (Å²) in [5, 5.41) is 8.09. The van der Waals surface area contributed by atoms with Gasteiger partial charge in [0.1, 0.15) is 0 Å². The lowest BCUT2D eigenvalue weighted by Crippen LogP contribution is -2.34. The van der Waals surface area contributed by atoms with E-state index in [-0.39, 0.29) is 16.7 Å². The maximum atomic E-state index is 12.3. The molecule has 0 spiro atoms. The molecular weight excluding hydrogens is 312 g/mol. The SMILES string of the molecule is CCCC1CCCC1C(=O)NCCc1ccc(S(N)(=O)=O)cc1. The average molecular weight is 338 g/mol. The normalized spacial score (nSPS) is 21.3. The Morgan fingerprint density at radius 1 is 1.26 bits per heavy atom. The molecule has 5 nitrogen and oxygen atoms in total. The van der Waals surface area contributed by atoms with E-state index in [2.05, 4.69) is 12.2 Å². The predicted octanol–water partition coefficient (Wildman–Crippen LogP) is 2.21.